The van der Waals surface area contributed by atoms with Gasteiger partial charge in [-0.3, -0.25) is 4.79 Å². The second-order valence-corrected chi connectivity index (χ2v) is 7.19. The standard InChI is InChI=1S/C23H23NO7/c1-27-13-6-8-14(9-7-13)29-12-15-10-11-18(30-15)20-19-16(25)4-3-5-17(19)31-22(24)21(20)23(26)28-2/h6-11,20H,3-5,12,24H2,1-2H3/t20-/m0/s1. The lowest BCUT2D eigenvalue weighted by molar-refractivity contribution is -0.136. The van der Waals surface area contributed by atoms with E-state index in [9.17, 15) is 9.59 Å². The maximum atomic E-state index is 12.7. The first-order chi connectivity index (χ1) is 15.0. The van der Waals surface area contributed by atoms with E-state index in [2.05, 4.69) is 0 Å². The summed E-state index contributed by atoms with van der Waals surface area (Å²) in [4.78, 5) is 25.2. The van der Waals surface area contributed by atoms with E-state index in [4.69, 9.17) is 29.1 Å². The van der Waals surface area contributed by atoms with Gasteiger partial charge in [0.25, 0.3) is 0 Å². The Labute approximate surface area is 179 Å². The molecule has 0 saturated carbocycles. The molecule has 1 aromatic carbocycles. The van der Waals surface area contributed by atoms with Crippen molar-refractivity contribution in [2.24, 2.45) is 5.73 Å². The van der Waals surface area contributed by atoms with Crippen LogP contribution in [0.2, 0.25) is 0 Å². The van der Waals surface area contributed by atoms with Gasteiger partial charge in [-0.25, -0.2) is 4.79 Å². The van der Waals surface area contributed by atoms with Gasteiger partial charge in [-0.2, -0.15) is 0 Å². The van der Waals surface area contributed by atoms with Crippen molar-refractivity contribution < 1.29 is 33.0 Å². The van der Waals surface area contributed by atoms with Gasteiger partial charge in [0.2, 0.25) is 5.88 Å². The number of hydrogen-bond acceptors (Lipinski definition) is 8. The first kappa shape index (κ1) is 20.6. The van der Waals surface area contributed by atoms with Gasteiger partial charge in [-0.15, -0.1) is 0 Å². The summed E-state index contributed by atoms with van der Waals surface area (Å²) < 4.78 is 27.4. The molecule has 0 amide bonds. The molecule has 0 bridgehead atoms. The summed E-state index contributed by atoms with van der Waals surface area (Å²) in [7, 11) is 2.85. The highest BCUT2D eigenvalue weighted by molar-refractivity contribution is 6.03. The lowest BCUT2D eigenvalue weighted by Crippen LogP contribution is -2.31. The lowest BCUT2D eigenvalue weighted by Gasteiger charge is -2.30. The molecular weight excluding hydrogens is 402 g/mol. The third-order valence-corrected chi connectivity index (χ3v) is 5.30. The number of rotatable bonds is 6. The molecule has 1 aromatic heterocycles. The van der Waals surface area contributed by atoms with E-state index >= 15 is 0 Å². The van der Waals surface area contributed by atoms with Crippen molar-refractivity contribution in [1.29, 1.82) is 0 Å². The molecule has 0 saturated heterocycles. The summed E-state index contributed by atoms with van der Waals surface area (Å²) >= 11 is 0. The zero-order valence-electron chi connectivity index (χ0n) is 17.3. The largest absolute Gasteiger partial charge is 0.497 e. The minimum absolute atomic E-state index is 0.0634. The molecular formula is C23H23NO7. The number of ketones is 1. The maximum absolute atomic E-state index is 12.7. The summed E-state index contributed by atoms with van der Waals surface area (Å²) in [6, 6.07) is 10.6. The van der Waals surface area contributed by atoms with Crippen molar-refractivity contribution in [3.63, 3.8) is 0 Å². The van der Waals surface area contributed by atoms with Crippen LogP contribution in [0.4, 0.5) is 0 Å². The van der Waals surface area contributed by atoms with Crippen LogP contribution in [-0.4, -0.2) is 26.0 Å². The van der Waals surface area contributed by atoms with Gasteiger partial charge in [0.1, 0.15) is 41.0 Å². The van der Waals surface area contributed by atoms with Crippen LogP contribution in [0.1, 0.15) is 36.7 Å². The van der Waals surface area contributed by atoms with Crippen molar-refractivity contribution in [3.05, 3.63) is 70.7 Å². The van der Waals surface area contributed by atoms with E-state index in [1.165, 1.54) is 7.11 Å². The van der Waals surface area contributed by atoms with Crippen molar-refractivity contribution >= 4 is 11.8 Å². The third-order valence-electron chi connectivity index (χ3n) is 5.30. The van der Waals surface area contributed by atoms with E-state index in [1.54, 1.807) is 43.5 Å². The average Bonchev–Trinajstić information content (AvgIpc) is 3.25. The number of esters is 1. The Kier molecular flexibility index (Phi) is 5.70. The van der Waals surface area contributed by atoms with Gasteiger partial charge < -0.3 is 29.1 Å². The highest BCUT2D eigenvalue weighted by atomic mass is 16.5. The number of hydrogen-bond donors (Lipinski definition) is 1. The van der Waals surface area contributed by atoms with Crippen molar-refractivity contribution in [2.75, 3.05) is 14.2 Å². The Morgan fingerprint density at radius 2 is 1.84 bits per heavy atom. The van der Waals surface area contributed by atoms with E-state index in [0.29, 0.717) is 47.9 Å². The summed E-state index contributed by atoms with van der Waals surface area (Å²) in [5.41, 5.74) is 6.50. The lowest BCUT2D eigenvalue weighted by atomic mass is 9.79. The molecule has 1 aliphatic heterocycles. The summed E-state index contributed by atoms with van der Waals surface area (Å²) in [6.07, 6.45) is 1.62. The van der Waals surface area contributed by atoms with Crippen molar-refractivity contribution in [1.82, 2.24) is 0 Å². The Balaban J connectivity index is 1.61. The SMILES string of the molecule is COC(=O)C1=C(N)OC2=C(C(=O)CCC2)[C@@H]1c1ccc(COc2ccc(OC)cc2)o1. The fourth-order valence-corrected chi connectivity index (χ4v) is 3.80. The molecule has 8 nitrogen and oxygen atoms in total. The molecule has 0 radical (unpaired) electrons. The number of benzene rings is 1. The molecule has 8 heteroatoms. The molecule has 31 heavy (non-hydrogen) atoms. The van der Waals surface area contributed by atoms with Crippen LogP contribution in [0.15, 0.2) is 63.6 Å². The summed E-state index contributed by atoms with van der Waals surface area (Å²) in [5, 5.41) is 0. The number of carbonyl (C=O) groups is 2. The Morgan fingerprint density at radius 1 is 1.10 bits per heavy atom. The zero-order valence-corrected chi connectivity index (χ0v) is 17.3. The normalized spacial score (nSPS) is 18.4. The van der Waals surface area contributed by atoms with Gasteiger partial charge >= 0.3 is 5.97 Å². The number of ether oxygens (including phenoxy) is 4. The van der Waals surface area contributed by atoms with Crippen LogP contribution < -0.4 is 15.2 Å². The quantitative estimate of drug-likeness (QED) is 0.702. The Bertz CT molecular complexity index is 1060. The number of Topliss-reactive ketones (excluding diaryl/α,β-unsaturated/α-hetero) is 1. The van der Waals surface area contributed by atoms with Crippen molar-refractivity contribution in [2.45, 2.75) is 31.8 Å². The van der Waals surface area contributed by atoms with Gasteiger partial charge in [-0.1, -0.05) is 0 Å². The fraction of sp³-hybridized carbons (Fsp3) is 0.304. The molecule has 0 fully saturated rings. The third kappa shape index (κ3) is 4.01. The van der Waals surface area contributed by atoms with E-state index in [-0.39, 0.29) is 23.8 Å². The topological polar surface area (TPSA) is 110 Å². The van der Waals surface area contributed by atoms with Crippen molar-refractivity contribution in [3.8, 4) is 11.5 Å². The first-order valence-corrected chi connectivity index (χ1v) is 9.89. The van der Waals surface area contributed by atoms with Crippen LogP contribution in [0.3, 0.4) is 0 Å². The second-order valence-electron chi connectivity index (χ2n) is 7.19. The smallest absolute Gasteiger partial charge is 0.340 e. The minimum atomic E-state index is -0.779. The molecule has 0 unspecified atom stereocenters. The highest BCUT2D eigenvalue weighted by Crippen LogP contribution is 2.44. The van der Waals surface area contributed by atoms with E-state index in [0.717, 1.165) is 5.75 Å². The van der Waals surface area contributed by atoms with Gasteiger partial charge in [0.15, 0.2) is 5.78 Å². The van der Waals surface area contributed by atoms with E-state index < -0.39 is 11.9 Å². The maximum Gasteiger partial charge on any atom is 0.340 e. The van der Waals surface area contributed by atoms with Gasteiger partial charge in [-0.05, 0) is 42.8 Å². The molecule has 4 rings (SSSR count). The number of methoxy groups -OCH3 is 2. The fourth-order valence-electron chi connectivity index (χ4n) is 3.80. The highest BCUT2D eigenvalue weighted by Gasteiger charge is 2.42. The number of carbonyl (C=O) groups excluding carboxylic acids is 2. The van der Waals surface area contributed by atoms with Crippen LogP contribution in [0.5, 0.6) is 11.5 Å². The van der Waals surface area contributed by atoms with E-state index in [1.807, 2.05) is 0 Å². The van der Waals surface area contributed by atoms with Crippen LogP contribution >= 0.6 is 0 Å². The predicted octanol–water partition coefficient (Wildman–Crippen LogP) is 3.33. The number of nitrogens with two attached hydrogens (primary N) is 1. The average molecular weight is 425 g/mol. The molecule has 2 heterocycles. The first-order valence-electron chi connectivity index (χ1n) is 9.89. The number of furan rings is 1. The molecule has 2 N–H and O–H groups in total. The summed E-state index contributed by atoms with van der Waals surface area (Å²) in [6.45, 7) is 0.169. The molecule has 1 atom stereocenters. The zero-order chi connectivity index (χ0) is 22.0. The second kappa shape index (κ2) is 8.59. The molecule has 2 aromatic rings. The monoisotopic (exact) mass is 425 g/mol. The molecule has 162 valence electrons. The van der Waals surface area contributed by atoms with Crippen LogP contribution in [0.25, 0.3) is 0 Å². The summed E-state index contributed by atoms with van der Waals surface area (Å²) in [5.74, 6) is 1.20. The molecule has 2 aliphatic rings. The van der Waals surface area contributed by atoms with Crippen LogP contribution in [-0.2, 0) is 25.7 Å². The van der Waals surface area contributed by atoms with Gasteiger partial charge in [0.05, 0.1) is 20.1 Å². The van der Waals surface area contributed by atoms with Crippen LogP contribution in [0, 0.1) is 0 Å². The number of allylic oxidation sites excluding steroid dienone is 2. The Hall–Kier alpha value is -3.68. The minimum Gasteiger partial charge on any atom is -0.497 e. The Morgan fingerprint density at radius 3 is 2.55 bits per heavy atom. The van der Waals surface area contributed by atoms with Gasteiger partial charge in [0, 0.05) is 18.4 Å². The predicted molar refractivity (Wildman–Crippen MR) is 109 cm³/mol. The molecule has 0 spiro atoms. The molecule has 1 aliphatic carbocycles.